The molecule has 258 valence electrons. The van der Waals surface area contributed by atoms with Crippen molar-refractivity contribution in [1.82, 2.24) is 4.57 Å². The first kappa shape index (κ1) is 31.2. The summed E-state index contributed by atoms with van der Waals surface area (Å²) >= 11 is 0. The van der Waals surface area contributed by atoms with E-state index in [0.717, 1.165) is 50.3 Å². The Morgan fingerprint density at radius 3 is 1.76 bits per heavy atom. The Bertz CT molecular complexity index is 3150. The third kappa shape index (κ3) is 5.05. The number of nitrogens with zero attached hydrogens (tertiary/aromatic N) is 2. The highest BCUT2D eigenvalue weighted by Gasteiger charge is 2.22. The Kier molecular flexibility index (Phi) is 7.17. The number of fused-ring (bicyclic) bond motifs is 7. The third-order valence-corrected chi connectivity index (χ3v) is 11.0. The smallest absolute Gasteiger partial charge is 0.159 e. The first-order chi connectivity index (χ1) is 27.3. The zero-order valence-corrected chi connectivity index (χ0v) is 29.9. The standard InChI is InChI=1S/C52H34N2O/c1-2-14-35(15-3-1)36-28-31-39(32-29-36)53(49-26-13-23-45-44-22-8-11-27-50(44)55-52(45)49)40-18-12-17-38(34-40)51-41-19-5-4-16-37(41)30-33-48(51)54-46-24-9-6-20-42(46)43-21-7-10-25-47(43)54/h1-34H. The van der Waals surface area contributed by atoms with Gasteiger partial charge in [-0.3, -0.25) is 0 Å². The molecule has 0 aliphatic rings. The molecule has 0 atom stereocenters. The zero-order valence-electron chi connectivity index (χ0n) is 29.9. The summed E-state index contributed by atoms with van der Waals surface area (Å²) in [4.78, 5) is 2.34. The topological polar surface area (TPSA) is 21.3 Å². The van der Waals surface area contributed by atoms with Crippen LogP contribution in [0.2, 0.25) is 0 Å². The van der Waals surface area contributed by atoms with Crippen molar-refractivity contribution in [2.24, 2.45) is 0 Å². The predicted octanol–water partition coefficient (Wildman–Crippen LogP) is 14.6. The first-order valence-electron chi connectivity index (χ1n) is 18.8. The first-order valence-corrected chi connectivity index (χ1v) is 18.8. The van der Waals surface area contributed by atoms with Crippen molar-refractivity contribution in [3.63, 3.8) is 0 Å². The molecule has 0 amide bonds. The number of hydrogen-bond donors (Lipinski definition) is 0. The molecule has 3 heteroatoms. The minimum absolute atomic E-state index is 0.859. The van der Waals surface area contributed by atoms with E-state index in [0.29, 0.717) is 0 Å². The summed E-state index contributed by atoms with van der Waals surface area (Å²) in [6.45, 7) is 0. The van der Waals surface area contributed by atoms with Crippen LogP contribution in [0.15, 0.2) is 211 Å². The van der Waals surface area contributed by atoms with Crippen LogP contribution in [0.3, 0.4) is 0 Å². The van der Waals surface area contributed by atoms with Gasteiger partial charge >= 0.3 is 0 Å². The highest BCUT2D eigenvalue weighted by molar-refractivity contribution is 6.12. The van der Waals surface area contributed by atoms with Crippen molar-refractivity contribution < 1.29 is 4.42 Å². The van der Waals surface area contributed by atoms with Gasteiger partial charge in [-0.2, -0.15) is 0 Å². The zero-order chi connectivity index (χ0) is 36.3. The Hall–Kier alpha value is -7.36. The van der Waals surface area contributed by atoms with Crippen LogP contribution in [0.1, 0.15) is 0 Å². The average Bonchev–Trinajstić information content (AvgIpc) is 3.81. The molecule has 0 aliphatic carbocycles. The quantitative estimate of drug-likeness (QED) is 0.172. The van der Waals surface area contributed by atoms with Gasteiger partial charge in [0.2, 0.25) is 0 Å². The molecule has 55 heavy (non-hydrogen) atoms. The fourth-order valence-electron chi connectivity index (χ4n) is 8.50. The molecule has 9 aromatic carbocycles. The van der Waals surface area contributed by atoms with Crippen LogP contribution in [-0.2, 0) is 0 Å². The molecule has 0 saturated carbocycles. The molecule has 2 heterocycles. The van der Waals surface area contributed by atoms with Gasteiger partial charge in [0.25, 0.3) is 0 Å². The second-order valence-electron chi connectivity index (χ2n) is 14.1. The van der Waals surface area contributed by atoms with E-state index in [9.17, 15) is 0 Å². The molecule has 0 radical (unpaired) electrons. The van der Waals surface area contributed by atoms with E-state index in [1.807, 2.05) is 6.07 Å². The van der Waals surface area contributed by atoms with Crippen LogP contribution in [0.25, 0.3) is 82.5 Å². The lowest BCUT2D eigenvalue weighted by Gasteiger charge is -2.26. The summed E-state index contributed by atoms with van der Waals surface area (Å²) in [7, 11) is 0. The molecule has 0 spiro atoms. The Balaban J connectivity index is 1.16. The Morgan fingerprint density at radius 1 is 0.382 bits per heavy atom. The summed E-state index contributed by atoms with van der Waals surface area (Å²) in [6.07, 6.45) is 0. The molecule has 0 bridgehead atoms. The summed E-state index contributed by atoms with van der Waals surface area (Å²) in [6, 6.07) is 73.9. The molecule has 0 N–H and O–H groups in total. The molecule has 2 aromatic heterocycles. The number of anilines is 3. The van der Waals surface area contributed by atoms with Gasteiger partial charge in [-0.1, -0.05) is 152 Å². The lowest BCUT2D eigenvalue weighted by Crippen LogP contribution is -2.10. The largest absolute Gasteiger partial charge is 0.454 e. The van der Waals surface area contributed by atoms with Crippen molar-refractivity contribution in [2.75, 3.05) is 4.90 Å². The van der Waals surface area contributed by atoms with Crippen LogP contribution in [0, 0.1) is 0 Å². The molecule has 0 fully saturated rings. The summed E-state index contributed by atoms with van der Waals surface area (Å²) in [5.74, 6) is 0. The van der Waals surface area contributed by atoms with Gasteiger partial charge in [-0.05, 0) is 82.1 Å². The SMILES string of the molecule is c1ccc(-c2ccc(N(c3cccc(-c4c(-n5c6ccccc6c6ccccc65)ccc5ccccc45)c3)c3cccc4c3oc3ccccc34)cc2)cc1. The van der Waals surface area contributed by atoms with Crippen LogP contribution in [-0.4, -0.2) is 4.57 Å². The van der Waals surface area contributed by atoms with Crippen molar-refractivity contribution in [1.29, 1.82) is 0 Å². The van der Waals surface area contributed by atoms with Crippen LogP contribution in [0.5, 0.6) is 0 Å². The van der Waals surface area contributed by atoms with Gasteiger partial charge in [-0.15, -0.1) is 0 Å². The molecule has 0 unspecified atom stereocenters. The lowest BCUT2D eigenvalue weighted by atomic mass is 9.95. The van der Waals surface area contributed by atoms with Gasteiger partial charge in [0.1, 0.15) is 5.58 Å². The van der Waals surface area contributed by atoms with Gasteiger partial charge in [-0.25, -0.2) is 0 Å². The third-order valence-electron chi connectivity index (χ3n) is 11.0. The van der Waals surface area contributed by atoms with Gasteiger partial charge in [0, 0.05) is 38.5 Å². The van der Waals surface area contributed by atoms with Crippen molar-refractivity contribution in [2.45, 2.75) is 0 Å². The molecular weight excluding hydrogens is 669 g/mol. The molecule has 0 saturated heterocycles. The number of aromatic nitrogens is 1. The van der Waals surface area contributed by atoms with Gasteiger partial charge in [0.15, 0.2) is 5.58 Å². The second-order valence-corrected chi connectivity index (χ2v) is 14.1. The minimum atomic E-state index is 0.859. The van der Waals surface area contributed by atoms with E-state index in [-0.39, 0.29) is 0 Å². The predicted molar refractivity (Wildman–Crippen MR) is 231 cm³/mol. The summed E-state index contributed by atoms with van der Waals surface area (Å²) < 4.78 is 9.12. The molecule has 11 aromatic rings. The van der Waals surface area contributed by atoms with Gasteiger partial charge < -0.3 is 13.9 Å². The highest BCUT2D eigenvalue weighted by Crippen LogP contribution is 2.45. The fraction of sp³-hybridized carbons (Fsp3) is 0. The van der Waals surface area contributed by atoms with Crippen molar-refractivity contribution in [3.05, 3.63) is 206 Å². The van der Waals surface area contributed by atoms with E-state index in [4.69, 9.17) is 4.42 Å². The minimum Gasteiger partial charge on any atom is -0.454 e. The maximum atomic E-state index is 6.68. The lowest BCUT2D eigenvalue weighted by molar-refractivity contribution is 0.669. The van der Waals surface area contributed by atoms with Crippen molar-refractivity contribution >= 4 is 71.6 Å². The maximum Gasteiger partial charge on any atom is 0.159 e. The summed E-state index contributed by atoms with van der Waals surface area (Å²) in [5, 5.41) is 7.10. The van der Waals surface area contributed by atoms with E-state index < -0.39 is 0 Å². The number of rotatable bonds is 6. The normalized spacial score (nSPS) is 11.6. The van der Waals surface area contributed by atoms with E-state index in [2.05, 4.69) is 210 Å². The average molecular weight is 703 g/mol. The van der Waals surface area contributed by atoms with E-state index >= 15 is 0 Å². The maximum absolute atomic E-state index is 6.68. The molecule has 3 nitrogen and oxygen atoms in total. The van der Waals surface area contributed by atoms with Gasteiger partial charge in [0.05, 0.1) is 22.4 Å². The monoisotopic (exact) mass is 702 g/mol. The van der Waals surface area contributed by atoms with Crippen molar-refractivity contribution in [3.8, 4) is 27.9 Å². The van der Waals surface area contributed by atoms with E-state index in [1.54, 1.807) is 0 Å². The molecule has 0 aliphatic heterocycles. The number of furan rings is 1. The van der Waals surface area contributed by atoms with E-state index in [1.165, 1.54) is 49.3 Å². The number of para-hydroxylation sites is 4. The van der Waals surface area contributed by atoms with Crippen LogP contribution < -0.4 is 4.90 Å². The fourth-order valence-corrected chi connectivity index (χ4v) is 8.50. The second kappa shape index (κ2) is 12.6. The highest BCUT2D eigenvalue weighted by atomic mass is 16.3. The van der Waals surface area contributed by atoms with Crippen LogP contribution in [0.4, 0.5) is 17.1 Å². The molecular formula is C52H34N2O. The molecule has 11 rings (SSSR count). The number of hydrogen-bond acceptors (Lipinski definition) is 2. The summed E-state index contributed by atoms with van der Waals surface area (Å²) in [5.41, 5.74) is 13.0. The number of benzene rings is 9. The van der Waals surface area contributed by atoms with Crippen LogP contribution >= 0.6 is 0 Å². The Morgan fingerprint density at radius 2 is 0.982 bits per heavy atom. The Labute approximate surface area is 318 Å².